The van der Waals surface area contributed by atoms with E-state index in [1.54, 1.807) is 20.9 Å². The molecule has 0 spiro atoms. The molecule has 0 aliphatic rings. The Morgan fingerprint density at radius 3 is 2.39 bits per heavy atom. The number of carbonyl (C=O) groups is 1. The predicted octanol–water partition coefficient (Wildman–Crippen LogP) is 4.29. The van der Waals surface area contributed by atoms with Gasteiger partial charge in [0, 0.05) is 24.1 Å². The zero-order valence-corrected chi connectivity index (χ0v) is 17.0. The number of aromatic nitrogens is 1. The van der Waals surface area contributed by atoms with Crippen molar-refractivity contribution in [3.05, 3.63) is 45.7 Å². The van der Waals surface area contributed by atoms with Crippen molar-refractivity contribution in [1.82, 2.24) is 4.57 Å². The highest BCUT2D eigenvalue weighted by molar-refractivity contribution is 7.92. The fourth-order valence-corrected chi connectivity index (χ4v) is 4.49. The third kappa shape index (κ3) is 4.12. The summed E-state index contributed by atoms with van der Waals surface area (Å²) in [4.78, 5) is 11.9. The minimum Gasteiger partial charge on any atom is -0.462 e. The van der Waals surface area contributed by atoms with Crippen LogP contribution in [0.3, 0.4) is 0 Å². The number of esters is 1. The highest BCUT2D eigenvalue weighted by atomic mass is 35.5. The van der Waals surface area contributed by atoms with E-state index in [2.05, 4.69) is 4.72 Å². The molecule has 0 saturated heterocycles. The molecule has 0 saturated carbocycles. The summed E-state index contributed by atoms with van der Waals surface area (Å²) in [7, 11) is -2.83. The van der Waals surface area contributed by atoms with Gasteiger partial charge in [-0.25, -0.2) is 13.2 Å². The first-order valence-corrected chi connectivity index (χ1v) is 9.90. The van der Waals surface area contributed by atoms with E-state index in [0.717, 1.165) is 12.1 Å². The molecule has 154 valence electrons. The summed E-state index contributed by atoms with van der Waals surface area (Å²) in [6.07, 6.45) is -4.76. The molecule has 1 aromatic heterocycles. The van der Waals surface area contributed by atoms with Crippen molar-refractivity contribution in [2.24, 2.45) is 7.05 Å². The van der Waals surface area contributed by atoms with Crippen LogP contribution in [0.25, 0.3) is 0 Å². The molecule has 1 N–H and O–H groups in total. The molecule has 0 unspecified atom stereocenters. The molecular formula is C17H18ClF3N2O4S. The van der Waals surface area contributed by atoms with Crippen molar-refractivity contribution in [3.63, 3.8) is 0 Å². The van der Waals surface area contributed by atoms with Crippen molar-refractivity contribution in [2.75, 3.05) is 11.3 Å². The summed E-state index contributed by atoms with van der Waals surface area (Å²) >= 11 is 5.56. The van der Waals surface area contributed by atoms with Gasteiger partial charge in [0.1, 0.15) is 10.5 Å². The fourth-order valence-electron chi connectivity index (χ4n) is 2.70. The number of ether oxygens (including phenoxy) is 1. The number of hydrogen-bond donors (Lipinski definition) is 1. The van der Waals surface area contributed by atoms with Crippen LogP contribution >= 0.6 is 11.6 Å². The zero-order chi connectivity index (χ0) is 21.4. The minimum atomic E-state index is -4.76. The van der Waals surface area contributed by atoms with Crippen molar-refractivity contribution in [3.8, 4) is 0 Å². The quantitative estimate of drug-likeness (QED) is 0.706. The molecule has 0 amide bonds. The Morgan fingerprint density at radius 1 is 1.25 bits per heavy atom. The average molecular weight is 439 g/mol. The van der Waals surface area contributed by atoms with Gasteiger partial charge in [-0.05, 0) is 39.0 Å². The van der Waals surface area contributed by atoms with Gasteiger partial charge in [-0.15, -0.1) is 0 Å². The Bertz CT molecular complexity index is 1030. The van der Waals surface area contributed by atoms with Crippen LogP contribution in [0.15, 0.2) is 23.1 Å². The molecule has 1 aromatic carbocycles. The molecule has 2 rings (SSSR count). The summed E-state index contributed by atoms with van der Waals surface area (Å²) in [5.74, 6) is -0.837. The lowest BCUT2D eigenvalue weighted by molar-refractivity contribution is -0.137. The Labute approximate surface area is 165 Å². The van der Waals surface area contributed by atoms with E-state index in [4.69, 9.17) is 16.3 Å². The number of carbonyl (C=O) groups excluding carboxylic acids is 1. The first-order valence-electron chi connectivity index (χ1n) is 8.03. The van der Waals surface area contributed by atoms with E-state index >= 15 is 0 Å². The summed E-state index contributed by atoms with van der Waals surface area (Å²) < 4.78 is 73.4. The van der Waals surface area contributed by atoms with Gasteiger partial charge in [0.25, 0.3) is 10.0 Å². The maximum Gasteiger partial charge on any atom is 0.417 e. The fraction of sp³-hybridized carbons (Fsp3) is 0.353. The largest absolute Gasteiger partial charge is 0.462 e. The maximum atomic E-state index is 13.0. The number of halogens is 4. The van der Waals surface area contributed by atoms with Gasteiger partial charge in [0.05, 0.1) is 17.2 Å². The highest BCUT2D eigenvalue weighted by Crippen LogP contribution is 2.37. The summed E-state index contributed by atoms with van der Waals surface area (Å²) in [6, 6.07) is 2.64. The number of rotatable bonds is 5. The standard InChI is InChI=1S/C17H18ClF3N2O4S/c1-5-27-16(24)14-9(2)23(4)10(3)15(14)28(25,26)22-11-6-7-13(18)12(8-11)17(19,20)21/h6-8,22H,5H2,1-4H3. The van der Waals surface area contributed by atoms with Crippen molar-refractivity contribution < 1.29 is 31.1 Å². The summed E-state index contributed by atoms with van der Waals surface area (Å²) in [6.45, 7) is 4.63. The second kappa shape index (κ2) is 7.67. The molecule has 0 bridgehead atoms. The molecule has 28 heavy (non-hydrogen) atoms. The number of nitrogens with one attached hydrogen (secondary N) is 1. The highest BCUT2D eigenvalue weighted by Gasteiger charge is 2.35. The molecule has 0 radical (unpaired) electrons. The van der Waals surface area contributed by atoms with E-state index in [1.807, 2.05) is 0 Å². The van der Waals surface area contributed by atoms with Gasteiger partial charge in [-0.3, -0.25) is 4.72 Å². The SMILES string of the molecule is CCOC(=O)c1c(S(=O)(=O)Nc2ccc(Cl)c(C(F)(F)F)c2)c(C)n(C)c1C. The van der Waals surface area contributed by atoms with Crippen molar-refractivity contribution >= 4 is 33.3 Å². The zero-order valence-electron chi connectivity index (χ0n) is 15.4. The van der Waals surface area contributed by atoms with Gasteiger partial charge in [-0.2, -0.15) is 13.2 Å². The normalized spacial score (nSPS) is 12.1. The average Bonchev–Trinajstić information content (AvgIpc) is 2.80. The second-order valence-corrected chi connectivity index (χ2v) is 7.98. The van der Waals surface area contributed by atoms with Crippen LogP contribution in [-0.4, -0.2) is 25.6 Å². The first kappa shape index (κ1) is 22.1. The summed E-state index contributed by atoms with van der Waals surface area (Å²) in [5, 5.41) is -0.561. The number of hydrogen-bond acceptors (Lipinski definition) is 4. The molecule has 0 aliphatic heterocycles. The Hall–Kier alpha value is -2.20. The van der Waals surface area contributed by atoms with Crippen molar-refractivity contribution in [2.45, 2.75) is 31.8 Å². The molecule has 0 atom stereocenters. The van der Waals surface area contributed by atoms with E-state index in [-0.39, 0.29) is 28.4 Å². The van der Waals surface area contributed by atoms with Crippen LogP contribution < -0.4 is 4.72 Å². The third-order valence-corrected chi connectivity index (χ3v) is 6.07. The van der Waals surface area contributed by atoms with Crippen LogP contribution in [0.1, 0.15) is 34.2 Å². The number of benzene rings is 1. The Kier molecular flexibility index (Phi) is 6.05. The van der Waals surface area contributed by atoms with Gasteiger partial charge < -0.3 is 9.30 Å². The number of alkyl halides is 3. The predicted molar refractivity (Wildman–Crippen MR) is 98.1 cm³/mol. The molecule has 2 aromatic rings. The molecule has 0 aliphatic carbocycles. The molecule has 11 heteroatoms. The topological polar surface area (TPSA) is 77.4 Å². The lowest BCUT2D eigenvalue weighted by Crippen LogP contribution is -2.18. The number of sulfonamides is 1. The number of nitrogens with zero attached hydrogens (tertiary/aromatic N) is 1. The van der Waals surface area contributed by atoms with Gasteiger partial charge >= 0.3 is 12.1 Å². The van der Waals surface area contributed by atoms with Crippen molar-refractivity contribution in [1.29, 1.82) is 0 Å². The van der Waals surface area contributed by atoms with Gasteiger partial charge in [0.2, 0.25) is 0 Å². The summed E-state index contributed by atoms with van der Waals surface area (Å²) in [5.41, 5.74) is -1.10. The number of anilines is 1. The lowest BCUT2D eigenvalue weighted by Gasteiger charge is -2.13. The molecule has 6 nitrogen and oxygen atoms in total. The van der Waals surface area contributed by atoms with Gasteiger partial charge in [-0.1, -0.05) is 11.6 Å². The van der Waals surface area contributed by atoms with Crippen LogP contribution in [0.2, 0.25) is 5.02 Å². The maximum absolute atomic E-state index is 13.0. The van der Waals surface area contributed by atoms with E-state index in [1.165, 1.54) is 11.5 Å². The van der Waals surface area contributed by atoms with Crippen LogP contribution in [0.4, 0.5) is 18.9 Å². The lowest BCUT2D eigenvalue weighted by atomic mass is 10.2. The third-order valence-electron chi connectivity index (χ3n) is 4.20. The van der Waals surface area contributed by atoms with E-state index in [9.17, 15) is 26.4 Å². The van der Waals surface area contributed by atoms with E-state index < -0.39 is 32.8 Å². The smallest absolute Gasteiger partial charge is 0.417 e. The van der Waals surface area contributed by atoms with Crippen LogP contribution in [-0.2, 0) is 28.0 Å². The molecule has 0 fully saturated rings. The Morgan fingerprint density at radius 2 is 1.86 bits per heavy atom. The second-order valence-electron chi connectivity index (χ2n) is 5.95. The molecule has 1 heterocycles. The van der Waals surface area contributed by atoms with Crippen LogP contribution in [0.5, 0.6) is 0 Å². The van der Waals surface area contributed by atoms with Crippen LogP contribution in [0, 0.1) is 13.8 Å². The van der Waals surface area contributed by atoms with E-state index in [0.29, 0.717) is 11.8 Å². The van der Waals surface area contributed by atoms with Gasteiger partial charge in [0.15, 0.2) is 0 Å². The monoisotopic (exact) mass is 438 g/mol. The first-order chi connectivity index (χ1) is 12.8. The Balaban J connectivity index is 2.58. The minimum absolute atomic E-state index is 0.0330. The molecular weight excluding hydrogens is 421 g/mol.